The predicted octanol–water partition coefficient (Wildman–Crippen LogP) is 3.88. The lowest BCUT2D eigenvalue weighted by molar-refractivity contribution is -0.122. The van der Waals surface area contributed by atoms with E-state index in [1.165, 1.54) is 5.56 Å². The van der Waals surface area contributed by atoms with Gasteiger partial charge in [-0.05, 0) is 54.8 Å². The van der Waals surface area contributed by atoms with Crippen molar-refractivity contribution in [3.8, 4) is 5.75 Å². The van der Waals surface area contributed by atoms with Crippen molar-refractivity contribution in [3.05, 3.63) is 54.1 Å². The zero-order valence-electron chi connectivity index (χ0n) is 16.1. The molecule has 3 rings (SSSR count). The van der Waals surface area contributed by atoms with Crippen molar-refractivity contribution in [3.63, 3.8) is 0 Å². The van der Waals surface area contributed by atoms with E-state index in [1.54, 1.807) is 0 Å². The van der Waals surface area contributed by atoms with E-state index >= 15 is 0 Å². The molecule has 1 aliphatic rings. The molecule has 144 valence electrons. The standard InChI is InChI=1S/C22H28N2O3/c1-3-17-5-11-20(12-6-17)27-21(4-2)22(25)23-18-7-9-19(10-8-18)24-13-15-26-16-14-24/h5-12,21H,3-4,13-16H2,1-2H3,(H,23,25). The summed E-state index contributed by atoms with van der Waals surface area (Å²) < 4.78 is 11.3. The zero-order chi connectivity index (χ0) is 19.1. The van der Waals surface area contributed by atoms with Crippen LogP contribution in [0.4, 0.5) is 11.4 Å². The maximum Gasteiger partial charge on any atom is 0.265 e. The Balaban J connectivity index is 1.58. The van der Waals surface area contributed by atoms with Crippen LogP contribution >= 0.6 is 0 Å². The van der Waals surface area contributed by atoms with Crippen LogP contribution < -0.4 is 15.0 Å². The first-order valence-electron chi connectivity index (χ1n) is 9.68. The second kappa shape index (κ2) is 9.42. The van der Waals surface area contributed by atoms with E-state index in [0.717, 1.165) is 49.8 Å². The number of carbonyl (C=O) groups excluding carboxylic acids is 1. The summed E-state index contributed by atoms with van der Waals surface area (Å²) in [6.07, 6.45) is 1.07. The Morgan fingerprint density at radius 1 is 1.07 bits per heavy atom. The van der Waals surface area contributed by atoms with Crippen molar-refractivity contribution >= 4 is 17.3 Å². The largest absolute Gasteiger partial charge is 0.481 e. The fourth-order valence-corrected chi connectivity index (χ4v) is 3.09. The van der Waals surface area contributed by atoms with E-state index in [2.05, 4.69) is 17.1 Å². The van der Waals surface area contributed by atoms with Gasteiger partial charge in [-0.2, -0.15) is 0 Å². The molecule has 0 bridgehead atoms. The minimum atomic E-state index is -0.517. The quantitative estimate of drug-likeness (QED) is 0.806. The van der Waals surface area contributed by atoms with Crippen LogP contribution in [0.2, 0.25) is 0 Å². The number of amides is 1. The van der Waals surface area contributed by atoms with Gasteiger partial charge in [-0.15, -0.1) is 0 Å². The number of morpholine rings is 1. The smallest absolute Gasteiger partial charge is 0.265 e. The summed E-state index contributed by atoms with van der Waals surface area (Å²) in [5.41, 5.74) is 3.18. The number of ether oxygens (including phenoxy) is 2. The SMILES string of the molecule is CCc1ccc(OC(CC)C(=O)Nc2ccc(N3CCOCC3)cc2)cc1. The third kappa shape index (κ3) is 5.23. The van der Waals surface area contributed by atoms with E-state index in [4.69, 9.17) is 9.47 Å². The molecule has 1 heterocycles. The molecule has 2 aromatic rings. The molecule has 1 saturated heterocycles. The van der Waals surface area contributed by atoms with Gasteiger partial charge in [0.2, 0.25) is 0 Å². The molecule has 1 amide bonds. The highest BCUT2D eigenvalue weighted by atomic mass is 16.5. The van der Waals surface area contributed by atoms with Crippen molar-refractivity contribution in [2.24, 2.45) is 0 Å². The maximum atomic E-state index is 12.6. The highest BCUT2D eigenvalue weighted by Crippen LogP contribution is 2.20. The second-order valence-corrected chi connectivity index (χ2v) is 6.65. The summed E-state index contributed by atoms with van der Waals surface area (Å²) in [5, 5.41) is 2.96. The first-order valence-corrected chi connectivity index (χ1v) is 9.68. The first kappa shape index (κ1) is 19.2. The third-order valence-corrected chi connectivity index (χ3v) is 4.78. The van der Waals surface area contributed by atoms with Gasteiger partial charge in [-0.25, -0.2) is 0 Å². The number of hydrogen-bond donors (Lipinski definition) is 1. The Morgan fingerprint density at radius 3 is 2.33 bits per heavy atom. The second-order valence-electron chi connectivity index (χ2n) is 6.65. The number of carbonyl (C=O) groups is 1. The van der Waals surface area contributed by atoms with Crippen LogP contribution in [0.5, 0.6) is 5.75 Å². The molecule has 0 spiro atoms. The molecule has 1 atom stereocenters. The van der Waals surface area contributed by atoms with Gasteiger partial charge >= 0.3 is 0 Å². The Labute approximate surface area is 161 Å². The average molecular weight is 368 g/mol. The van der Waals surface area contributed by atoms with Gasteiger partial charge in [0.25, 0.3) is 5.91 Å². The van der Waals surface area contributed by atoms with Crippen LogP contribution in [-0.4, -0.2) is 38.3 Å². The zero-order valence-corrected chi connectivity index (χ0v) is 16.1. The molecule has 1 fully saturated rings. The molecule has 27 heavy (non-hydrogen) atoms. The van der Waals surface area contributed by atoms with Gasteiger partial charge in [0.05, 0.1) is 13.2 Å². The van der Waals surface area contributed by atoms with Gasteiger partial charge < -0.3 is 19.7 Å². The van der Waals surface area contributed by atoms with Crippen LogP contribution in [0.15, 0.2) is 48.5 Å². The van der Waals surface area contributed by atoms with Gasteiger partial charge in [0.15, 0.2) is 6.10 Å². The summed E-state index contributed by atoms with van der Waals surface area (Å²) in [4.78, 5) is 14.9. The first-order chi connectivity index (χ1) is 13.2. The maximum absolute atomic E-state index is 12.6. The Hall–Kier alpha value is -2.53. The van der Waals surface area contributed by atoms with Gasteiger partial charge in [0, 0.05) is 24.5 Å². The topological polar surface area (TPSA) is 50.8 Å². The number of benzene rings is 2. The molecule has 0 aromatic heterocycles. The molecule has 5 heteroatoms. The lowest BCUT2D eigenvalue weighted by Gasteiger charge is -2.29. The van der Waals surface area contributed by atoms with E-state index in [-0.39, 0.29) is 5.91 Å². The molecule has 5 nitrogen and oxygen atoms in total. The Morgan fingerprint density at radius 2 is 1.74 bits per heavy atom. The summed E-state index contributed by atoms with van der Waals surface area (Å²) in [6.45, 7) is 7.37. The molecule has 0 saturated carbocycles. The summed E-state index contributed by atoms with van der Waals surface area (Å²) in [5.74, 6) is 0.591. The van der Waals surface area contributed by atoms with Crippen molar-refractivity contribution < 1.29 is 14.3 Å². The molecule has 1 unspecified atom stereocenters. The van der Waals surface area contributed by atoms with Crippen LogP contribution in [-0.2, 0) is 16.0 Å². The van der Waals surface area contributed by atoms with E-state index in [1.807, 2.05) is 55.5 Å². The van der Waals surface area contributed by atoms with E-state index < -0.39 is 6.10 Å². The minimum Gasteiger partial charge on any atom is -0.481 e. The number of hydrogen-bond acceptors (Lipinski definition) is 4. The molecule has 0 aliphatic carbocycles. The van der Waals surface area contributed by atoms with Crippen LogP contribution in [0, 0.1) is 0 Å². The van der Waals surface area contributed by atoms with Crippen LogP contribution in [0.25, 0.3) is 0 Å². The Bertz CT molecular complexity index is 722. The van der Waals surface area contributed by atoms with Crippen molar-refractivity contribution in [2.45, 2.75) is 32.8 Å². The monoisotopic (exact) mass is 368 g/mol. The van der Waals surface area contributed by atoms with Crippen LogP contribution in [0.1, 0.15) is 25.8 Å². The number of rotatable bonds is 7. The number of nitrogens with zero attached hydrogens (tertiary/aromatic N) is 1. The fourth-order valence-electron chi connectivity index (χ4n) is 3.09. The summed E-state index contributed by atoms with van der Waals surface area (Å²) in [7, 11) is 0. The van der Waals surface area contributed by atoms with Crippen molar-refractivity contribution in [1.29, 1.82) is 0 Å². The molecule has 1 N–H and O–H groups in total. The number of aryl methyl sites for hydroxylation is 1. The lowest BCUT2D eigenvalue weighted by atomic mass is 10.1. The Kier molecular flexibility index (Phi) is 6.71. The number of nitrogens with one attached hydrogen (secondary N) is 1. The van der Waals surface area contributed by atoms with E-state index in [0.29, 0.717) is 6.42 Å². The van der Waals surface area contributed by atoms with Gasteiger partial charge in [-0.1, -0.05) is 26.0 Å². The molecule has 0 radical (unpaired) electrons. The number of anilines is 2. The lowest BCUT2D eigenvalue weighted by Crippen LogP contribution is -2.36. The molecule has 2 aromatic carbocycles. The fraction of sp³-hybridized carbons (Fsp3) is 0.409. The van der Waals surface area contributed by atoms with E-state index in [9.17, 15) is 4.79 Å². The molecular weight excluding hydrogens is 340 g/mol. The van der Waals surface area contributed by atoms with Crippen molar-refractivity contribution in [2.75, 3.05) is 36.5 Å². The highest BCUT2D eigenvalue weighted by molar-refractivity contribution is 5.94. The highest BCUT2D eigenvalue weighted by Gasteiger charge is 2.19. The molecule has 1 aliphatic heterocycles. The average Bonchev–Trinajstić information content (AvgIpc) is 2.73. The van der Waals surface area contributed by atoms with Crippen LogP contribution in [0.3, 0.4) is 0 Å². The summed E-state index contributed by atoms with van der Waals surface area (Å²) in [6, 6.07) is 15.8. The third-order valence-electron chi connectivity index (χ3n) is 4.78. The molecular formula is C22H28N2O3. The predicted molar refractivity (Wildman–Crippen MR) is 109 cm³/mol. The van der Waals surface area contributed by atoms with Crippen molar-refractivity contribution in [1.82, 2.24) is 0 Å². The van der Waals surface area contributed by atoms with Gasteiger partial charge in [0.1, 0.15) is 5.75 Å². The van der Waals surface area contributed by atoms with Gasteiger partial charge in [-0.3, -0.25) is 4.79 Å². The minimum absolute atomic E-state index is 0.129. The summed E-state index contributed by atoms with van der Waals surface area (Å²) >= 11 is 0. The normalized spacial score (nSPS) is 15.3.